The number of ether oxygens (including phenoxy) is 4. The second kappa shape index (κ2) is 9.03. The van der Waals surface area contributed by atoms with Gasteiger partial charge in [0.25, 0.3) is 0 Å². The summed E-state index contributed by atoms with van der Waals surface area (Å²) in [5, 5.41) is 0. The molecule has 0 spiro atoms. The standard InChI is InChI=1S/C24H26O6/c1-6-29-22(25)13-30-24-14(2)7-16(8-15(24)3)9-18-10-17-11-20(27-4)21(28-5)12-19(17)23(18)26/h7-9,11-12H,6,10,13H2,1-5H3/b18-9+. The van der Waals surface area contributed by atoms with E-state index < -0.39 is 5.97 Å². The summed E-state index contributed by atoms with van der Waals surface area (Å²) in [4.78, 5) is 24.5. The van der Waals surface area contributed by atoms with Crippen LogP contribution in [0.2, 0.25) is 0 Å². The highest BCUT2D eigenvalue weighted by molar-refractivity contribution is 6.16. The van der Waals surface area contributed by atoms with E-state index in [1.165, 1.54) is 0 Å². The number of esters is 1. The third kappa shape index (κ3) is 4.32. The number of allylic oxidation sites excluding steroid dienone is 1. The van der Waals surface area contributed by atoms with E-state index in [0.29, 0.717) is 41.4 Å². The van der Waals surface area contributed by atoms with Gasteiger partial charge >= 0.3 is 5.97 Å². The van der Waals surface area contributed by atoms with Gasteiger partial charge < -0.3 is 18.9 Å². The van der Waals surface area contributed by atoms with E-state index >= 15 is 0 Å². The fraction of sp³-hybridized carbons (Fsp3) is 0.333. The Morgan fingerprint density at radius 3 is 2.27 bits per heavy atom. The largest absolute Gasteiger partial charge is 0.493 e. The van der Waals surface area contributed by atoms with Gasteiger partial charge in [-0.05, 0) is 73.4 Å². The third-order valence-electron chi connectivity index (χ3n) is 4.99. The minimum atomic E-state index is -0.400. The fourth-order valence-electron chi connectivity index (χ4n) is 3.68. The van der Waals surface area contributed by atoms with Gasteiger partial charge in [0.15, 0.2) is 23.9 Å². The molecule has 158 valence electrons. The van der Waals surface area contributed by atoms with Crippen molar-refractivity contribution in [2.24, 2.45) is 0 Å². The summed E-state index contributed by atoms with van der Waals surface area (Å²) < 4.78 is 21.2. The number of hydrogen-bond donors (Lipinski definition) is 0. The maximum atomic E-state index is 12.9. The van der Waals surface area contributed by atoms with Crippen LogP contribution in [0, 0.1) is 13.8 Å². The predicted octanol–water partition coefficient (Wildman–Crippen LogP) is 4.08. The van der Waals surface area contributed by atoms with Gasteiger partial charge in [0.2, 0.25) is 0 Å². The number of methoxy groups -OCH3 is 2. The van der Waals surface area contributed by atoms with Crippen LogP contribution >= 0.6 is 0 Å². The molecule has 0 bridgehead atoms. The van der Waals surface area contributed by atoms with Crippen molar-refractivity contribution >= 4 is 17.8 Å². The Bertz CT molecular complexity index is 996. The van der Waals surface area contributed by atoms with Crippen LogP contribution in [0.1, 0.15) is 39.5 Å². The highest BCUT2D eigenvalue weighted by atomic mass is 16.6. The van der Waals surface area contributed by atoms with Crippen LogP contribution in [0.15, 0.2) is 29.8 Å². The normalized spacial score (nSPS) is 13.9. The maximum Gasteiger partial charge on any atom is 0.344 e. The molecule has 0 radical (unpaired) electrons. The Morgan fingerprint density at radius 1 is 1.03 bits per heavy atom. The highest BCUT2D eigenvalue weighted by Crippen LogP contribution is 2.37. The lowest BCUT2D eigenvalue weighted by Gasteiger charge is -2.13. The molecule has 0 amide bonds. The minimum Gasteiger partial charge on any atom is -0.493 e. The van der Waals surface area contributed by atoms with E-state index in [-0.39, 0.29) is 12.4 Å². The highest BCUT2D eigenvalue weighted by Gasteiger charge is 2.27. The molecule has 0 fully saturated rings. The predicted molar refractivity (Wildman–Crippen MR) is 114 cm³/mol. The lowest BCUT2D eigenvalue weighted by Crippen LogP contribution is -2.15. The molecule has 30 heavy (non-hydrogen) atoms. The molecule has 0 saturated carbocycles. The SMILES string of the molecule is CCOC(=O)COc1c(C)cc(/C=C2\Cc3cc(OC)c(OC)cc3C2=O)cc1C. The van der Waals surface area contributed by atoms with E-state index in [9.17, 15) is 9.59 Å². The number of benzene rings is 2. The molecule has 6 heteroatoms. The van der Waals surface area contributed by atoms with Crippen LogP contribution in [-0.2, 0) is 16.0 Å². The molecule has 3 rings (SSSR count). The summed E-state index contributed by atoms with van der Waals surface area (Å²) in [7, 11) is 3.13. The number of Topliss-reactive ketones (excluding diaryl/α,β-unsaturated/α-hetero) is 1. The molecule has 0 aromatic heterocycles. The topological polar surface area (TPSA) is 71.1 Å². The zero-order valence-corrected chi connectivity index (χ0v) is 18.0. The maximum absolute atomic E-state index is 12.9. The van der Waals surface area contributed by atoms with E-state index in [1.54, 1.807) is 27.2 Å². The van der Waals surface area contributed by atoms with Gasteiger partial charge in [0.05, 0.1) is 20.8 Å². The average Bonchev–Trinajstić information content (AvgIpc) is 3.01. The van der Waals surface area contributed by atoms with E-state index in [4.69, 9.17) is 18.9 Å². The molecule has 2 aromatic carbocycles. The number of aryl methyl sites for hydroxylation is 2. The van der Waals surface area contributed by atoms with Crippen LogP contribution < -0.4 is 14.2 Å². The third-order valence-corrected chi connectivity index (χ3v) is 4.99. The Kier molecular flexibility index (Phi) is 6.45. The zero-order chi connectivity index (χ0) is 21.8. The van der Waals surface area contributed by atoms with Gasteiger partial charge in [-0.3, -0.25) is 4.79 Å². The van der Waals surface area contributed by atoms with Gasteiger partial charge in [-0.2, -0.15) is 0 Å². The van der Waals surface area contributed by atoms with Crippen molar-refractivity contribution in [1.29, 1.82) is 0 Å². The van der Waals surface area contributed by atoms with Crippen LogP contribution in [0.25, 0.3) is 6.08 Å². The van der Waals surface area contributed by atoms with Crippen LogP contribution in [0.5, 0.6) is 17.2 Å². The van der Waals surface area contributed by atoms with Crippen molar-refractivity contribution < 1.29 is 28.5 Å². The summed E-state index contributed by atoms with van der Waals surface area (Å²) in [6.07, 6.45) is 2.43. The van der Waals surface area contributed by atoms with Gasteiger partial charge in [-0.25, -0.2) is 4.79 Å². The molecule has 0 N–H and O–H groups in total. The van der Waals surface area contributed by atoms with Crippen LogP contribution in [0.4, 0.5) is 0 Å². The minimum absolute atomic E-state index is 0.0103. The average molecular weight is 410 g/mol. The zero-order valence-electron chi connectivity index (χ0n) is 18.0. The summed E-state index contributed by atoms with van der Waals surface area (Å²) in [5.41, 5.74) is 4.95. The smallest absolute Gasteiger partial charge is 0.344 e. The van der Waals surface area contributed by atoms with E-state index in [1.807, 2.05) is 38.1 Å². The molecule has 1 aliphatic rings. The van der Waals surface area contributed by atoms with Crippen molar-refractivity contribution in [1.82, 2.24) is 0 Å². The summed E-state index contributed by atoms with van der Waals surface area (Å²) in [6.45, 7) is 5.77. The monoisotopic (exact) mass is 410 g/mol. The van der Waals surface area contributed by atoms with E-state index in [0.717, 1.165) is 22.3 Å². The number of fused-ring (bicyclic) bond motifs is 1. The number of rotatable bonds is 7. The summed E-state index contributed by atoms with van der Waals surface area (Å²) in [5.74, 6) is 1.40. The van der Waals surface area contributed by atoms with Gasteiger partial charge in [0, 0.05) is 17.6 Å². The Hall–Kier alpha value is -3.28. The molecule has 0 heterocycles. The van der Waals surface area contributed by atoms with Crippen molar-refractivity contribution in [2.75, 3.05) is 27.4 Å². The number of hydrogen-bond acceptors (Lipinski definition) is 6. The molecule has 0 unspecified atom stereocenters. The molecule has 1 aliphatic carbocycles. The van der Waals surface area contributed by atoms with Crippen molar-refractivity contribution in [3.63, 3.8) is 0 Å². The Labute approximate surface area is 176 Å². The van der Waals surface area contributed by atoms with Crippen LogP contribution in [0.3, 0.4) is 0 Å². The number of carbonyl (C=O) groups is 2. The molecule has 0 aliphatic heterocycles. The summed E-state index contributed by atoms with van der Waals surface area (Å²) >= 11 is 0. The molecule has 0 atom stereocenters. The van der Waals surface area contributed by atoms with Crippen molar-refractivity contribution in [3.8, 4) is 17.2 Å². The number of ketones is 1. The fourth-order valence-corrected chi connectivity index (χ4v) is 3.68. The first-order valence-electron chi connectivity index (χ1n) is 9.77. The van der Waals surface area contributed by atoms with Crippen molar-refractivity contribution in [3.05, 3.63) is 57.7 Å². The second-order valence-corrected chi connectivity index (χ2v) is 7.12. The first-order valence-corrected chi connectivity index (χ1v) is 9.77. The second-order valence-electron chi connectivity index (χ2n) is 7.12. The van der Waals surface area contributed by atoms with Crippen LogP contribution in [-0.4, -0.2) is 39.2 Å². The Balaban J connectivity index is 1.85. The molecular formula is C24H26O6. The molecule has 0 saturated heterocycles. The van der Waals surface area contributed by atoms with E-state index in [2.05, 4.69) is 0 Å². The lowest BCUT2D eigenvalue weighted by atomic mass is 10.0. The lowest BCUT2D eigenvalue weighted by molar-refractivity contribution is -0.145. The first-order chi connectivity index (χ1) is 14.4. The Morgan fingerprint density at radius 2 is 1.67 bits per heavy atom. The van der Waals surface area contributed by atoms with Gasteiger partial charge in [0.1, 0.15) is 5.75 Å². The quantitative estimate of drug-likeness (QED) is 0.506. The number of carbonyl (C=O) groups excluding carboxylic acids is 2. The molecule has 6 nitrogen and oxygen atoms in total. The van der Waals surface area contributed by atoms with Gasteiger partial charge in [-0.1, -0.05) is 0 Å². The molecular weight excluding hydrogens is 384 g/mol. The molecule has 2 aromatic rings. The first kappa shape index (κ1) is 21.4. The van der Waals surface area contributed by atoms with Crippen molar-refractivity contribution in [2.45, 2.75) is 27.2 Å². The van der Waals surface area contributed by atoms with Gasteiger partial charge in [-0.15, -0.1) is 0 Å². The summed E-state index contributed by atoms with van der Waals surface area (Å²) in [6, 6.07) is 7.48.